The van der Waals surface area contributed by atoms with Gasteiger partial charge in [0.15, 0.2) is 0 Å². The third-order valence-corrected chi connectivity index (χ3v) is 3.64. The Bertz CT molecular complexity index is 495. The van der Waals surface area contributed by atoms with Crippen LogP contribution in [0.25, 0.3) is 0 Å². The predicted molar refractivity (Wildman–Crippen MR) is 74.4 cm³/mol. The number of benzene rings is 1. The zero-order valence-electron chi connectivity index (χ0n) is 10.8. The maximum Gasteiger partial charge on any atom is 0.142 e. The van der Waals surface area contributed by atoms with Gasteiger partial charge in [-0.25, -0.2) is 0 Å². The quantitative estimate of drug-likeness (QED) is 0.811. The van der Waals surface area contributed by atoms with E-state index in [0.29, 0.717) is 0 Å². The number of aryl methyl sites for hydroxylation is 1. The Kier molecular flexibility index (Phi) is 4.78. The number of nitrogens with zero attached hydrogens (tertiary/aromatic N) is 3. The van der Waals surface area contributed by atoms with Crippen LogP contribution in [0.3, 0.4) is 0 Å². The van der Waals surface area contributed by atoms with Crippen LogP contribution in [0, 0.1) is 0 Å². The van der Waals surface area contributed by atoms with Crippen molar-refractivity contribution < 1.29 is 0 Å². The van der Waals surface area contributed by atoms with Gasteiger partial charge in [-0.15, -0.1) is 22.0 Å². The second-order valence-electron chi connectivity index (χ2n) is 4.07. The molecule has 0 spiro atoms. The topological polar surface area (TPSA) is 42.7 Å². The van der Waals surface area contributed by atoms with Crippen molar-refractivity contribution >= 4 is 11.8 Å². The van der Waals surface area contributed by atoms with E-state index in [1.54, 1.807) is 18.1 Å². The summed E-state index contributed by atoms with van der Waals surface area (Å²) in [5.74, 6) is 1.85. The molecular weight excluding hydrogens is 244 g/mol. The van der Waals surface area contributed by atoms with E-state index in [1.807, 2.05) is 11.6 Å². The number of hydrogen-bond acceptors (Lipinski definition) is 4. The first kappa shape index (κ1) is 13.1. The van der Waals surface area contributed by atoms with Crippen LogP contribution in [-0.4, -0.2) is 21.3 Å². The van der Waals surface area contributed by atoms with E-state index in [-0.39, 0.29) is 0 Å². The number of nitrogens with one attached hydrogen (secondary N) is 1. The highest BCUT2D eigenvalue weighted by Gasteiger charge is 2.02. The first-order chi connectivity index (χ1) is 8.79. The summed E-state index contributed by atoms with van der Waals surface area (Å²) in [5.41, 5.74) is 1.32. The molecule has 0 radical (unpaired) electrons. The molecule has 4 nitrogen and oxygen atoms in total. The lowest BCUT2D eigenvalue weighted by Gasteiger charge is -2.05. The SMILES string of the molecule is CCNCc1cccc(SCc2nncn2C)c1. The first-order valence-corrected chi connectivity index (χ1v) is 7.03. The van der Waals surface area contributed by atoms with Crippen molar-refractivity contribution in [2.24, 2.45) is 7.05 Å². The molecule has 0 saturated carbocycles. The zero-order chi connectivity index (χ0) is 12.8. The van der Waals surface area contributed by atoms with Crippen LogP contribution < -0.4 is 5.32 Å². The van der Waals surface area contributed by atoms with Crippen molar-refractivity contribution in [2.75, 3.05) is 6.54 Å². The van der Waals surface area contributed by atoms with Crippen molar-refractivity contribution in [1.29, 1.82) is 0 Å². The zero-order valence-corrected chi connectivity index (χ0v) is 11.6. The van der Waals surface area contributed by atoms with Crippen molar-refractivity contribution in [3.63, 3.8) is 0 Å². The van der Waals surface area contributed by atoms with Gasteiger partial charge in [-0.3, -0.25) is 0 Å². The summed E-state index contributed by atoms with van der Waals surface area (Å²) in [5, 5.41) is 11.3. The van der Waals surface area contributed by atoms with Crippen LogP contribution in [0.15, 0.2) is 35.5 Å². The molecule has 18 heavy (non-hydrogen) atoms. The van der Waals surface area contributed by atoms with Crippen LogP contribution in [-0.2, 0) is 19.3 Å². The van der Waals surface area contributed by atoms with Crippen molar-refractivity contribution in [3.8, 4) is 0 Å². The van der Waals surface area contributed by atoms with Crippen molar-refractivity contribution in [1.82, 2.24) is 20.1 Å². The Morgan fingerprint density at radius 2 is 2.28 bits per heavy atom. The molecule has 1 aromatic heterocycles. The summed E-state index contributed by atoms with van der Waals surface area (Å²) < 4.78 is 1.95. The monoisotopic (exact) mass is 262 g/mol. The molecule has 1 heterocycles. The minimum atomic E-state index is 0.848. The van der Waals surface area contributed by atoms with E-state index < -0.39 is 0 Å². The molecule has 2 rings (SSSR count). The molecule has 0 aliphatic heterocycles. The van der Waals surface area contributed by atoms with E-state index in [0.717, 1.165) is 24.7 Å². The molecule has 0 atom stereocenters. The highest BCUT2D eigenvalue weighted by Crippen LogP contribution is 2.22. The van der Waals surface area contributed by atoms with E-state index in [1.165, 1.54) is 10.5 Å². The highest BCUT2D eigenvalue weighted by molar-refractivity contribution is 7.98. The Morgan fingerprint density at radius 1 is 1.39 bits per heavy atom. The number of aromatic nitrogens is 3. The lowest BCUT2D eigenvalue weighted by molar-refractivity contribution is 0.725. The maximum atomic E-state index is 4.08. The summed E-state index contributed by atoms with van der Waals surface area (Å²) >= 11 is 1.79. The second kappa shape index (κ2) is 6.56. The summed E-state index contributed by atoms with van der Waals surface area (Å²) in [6, 6.07) is 8.61. The normalized spacial score (nSPS) is 10.8. The Morgan fingerprint density at radius 3 is 3.00 bits per heavy atom. The highest BCUT2D eigenvalue weighted by atomic mass is 32.2. The summed E-state index contributed by atoms with van der Waals surface area (Å²) in [6.07, 6.45) is 1.73. The van der Waals surface area contributed by atoms with E-state index >= 15 is 0 Å². The van der Waals surface area contributed by atoms with Gasteiger partial charge in [-0.2, -0.15) is 0 Å². The molecule has 0 bridgehead atoms. The van der Waals surface area contributed by atoms with Gasteiger partial charge in [0.25, 0.3) is 0 Å². The maximum absolute atomic E-state index is 4.08. The van der Waals surface area contributed by atoms with Gasteiger partial charge in [0.05, 0.1) is 5.75 Å². The predicted octanol–water partition coefficient (Wildman–Crippen LogP) is 2.22. The lowest BCUT2D eigenvalue weighted by atomic mass is 10.2. The van der Waals surface area contributed by atoms with Gasteiger partial charge in [0, 0.05) is 18.5 Å². The lowest BCUT2D eigenvalue weighted by Crippen LogP contribution is -2.11. The Labute approximate surface area is 112 Å². The Balaban J connectivity index is 1.95. The number of rotatable bonds is 6. The first-order valence-electron chi connectivity index (χ1n) is 6.05. The van der Waals surface area contributed by atoms with Gasteiger partial charge in [-0.1, -0.05) is 19.1 Å². The fourth-order valence-corrected chi connectivity index (χ4v) is 2.57. The molecular formula is C13H18N4S. The van der Waals surface area contributed by atoms with E-state index in [4.69, 9.17) is 0 Å². The molecule has 0 amide bonds. The van der Waals surface area contributed by atoms with Crippen LogP contribution in [0.5, 0.6) is 0 Å². The van der Waals surface area contributed by atoms with Crippen LogP contribution in [0.2, 0.25) is 0 Å². The standard InChI is InChI=1S/C13H18N4S/c1-3-14-8-11-5-4-6-12(7-11)18-9-13-16-15-10-17(13)2/h4-7,10,14H,3,8-9H2,1-2H3. The van der Waals surface area contributed by atoms with Crippen LogP contribution >= 0.6 is 11.8 Å². The van der Waals surface area contributed by atoms with Crippen LogP contribution in [0.4, 0.5) is 0 Å². The molecule has 2 aromatic rings. The van der Waals surface area contributed by atoms with Gasteiger partial charge < -0.3 is 9.88 Å². The fourth-order valence-electron chi connectivity index (χ4n) is 1.60. The fraction of sp³-hybridized carbons (Fsp3) is 0.385. The minimum absolute atomic E-state index is 0.848. The van der Waals surface area contributed by atoms with Gasteiger partial charge in [0.2, 0.25) is 0 Å². The molecule has 0 aliphatic carbocycles. The summed E-state index contributed by atoms with van der Waals surface area (Å²) in [4.78, 5) is 1.27. The molecule has 0 unspecified atom stereocenters. The number of hydrogen-bond donors (Lipinski definition) is 1. The number of thioether (sulfide) groups is 1. The minimum Gasteiger partial charge on any atom is -0.320 e. The molecule has 96 valence electrons. The average molecular weight is 262 g/mol. The average Bonchev–Trinajstić information content (AvgIpc) is 2.80. The van der Waals surface area contributed by atoms with Gasteiger partial charge in [0.1, 0.15) is 12.2 Å². The smallest absolute Gasteiger partial charge is 0.142 e. The van der Waals surface area contributed by atoms with Crippen molar-refractivity contribution in [3.05, 3.63) is 42.0 Å². The third-order valence-electron chi connectivity index (χ3n) is 2.65. The molecule has 0 saturated heterocycles. The summed E-state index contributed by atoms with van der Waals surface area (Å²) in [6.45, 7) is 4.04. The van der Waals surface area contributed by atoms with Crippen LogP contribution in [0.1, 0.15) is 18.3 Å². The molecule has 0 fully saturated rings. The molecule has 5 heteroatoms. The van der Waals surface area contributed by atoms with Gasteiger partial charge in [-0.05, 0) is 24.2 Å². The second-order valence-corrected chi connectivity index (χ2v) is 5.12. The van der Waals surface area contributed by atoms with Gasteiger partial charge >= 0.3 is 0 Å². The van der Waals surface area contributed by atoms with Crippen molar-refractivity contribution in [2.45, 2.75) is 24.1 Å². The summed E-state index contributed by atoms with van der Waals surface area (Å²) in [7, 11) is 1.97. The third kappa shape index (κ3) is 3.58. The van der Waals surface area contributed by atoms with E-state index in [9.17, 15) is 0 Å². The van der Waals surface area contributed by atoms with E-state index in [2.05, 4.69) is 46.7 Å². The largest absolute Gasteiger partial charge is 0.320 e. The Hall–Kier alpha value is -1.33. The molecule has 0 aliphatic rings. The molecule has 1 aromatic carbocycles. The molecule has 1 N–H and O–H groups in total.